The number of carboxylic acid groups (broad SMARTS) is 1. The van der Waals surface area contributed by atoms with E-state index < -0.39 is 12.0 Å². The number of imidazole rings is 1. The summed E-state index contributed by atoms with van der Waals surface area (Å²) in [6.07, 6.45) is 0.220. The standard InChI is InChI=1S/C26H25N3O4S/c1-2-33-20-14-12-19(13-15-20)29-23-11-7-6-10-21(23)28-26(29)34-17-24(30)27-22(25(31)32)16-18-8-4-3-5-9-18/h3-15,22H,2,16-17H2,1H3,(H,27,30)(H,31,32)/t22-/m1/s1. The highest BCUT2D eigenvalue weighted by Gasteiger charge is 2.21. The Labute approximate surface area is 201 Å². The van der Waals surface area contributed by atoms with Crippen molar-refractivity contribution in [3.8, 4) is 11.4 Å². The monoisotopic (exact) mass is 475 g/mol. The number of nitrogens with zero attached hydrogens (tertiary/aromatic N) is 2. The molecule has 0 radical (unpaired) electrons. The molecule has 0 aliphatic carbocycles. The van der Waals surface area contributed by atoms with Gasteiger partial charge in [-0.1, -0.05) is 54.2 Å². The van der Waals surface area contributed by atoms with Crippen LogP contribution in [0.4, 0.5) is 0 Å². The largest absolute Gasteiger partial charge is 0.494 e. The Morgan fingerprint density at radius 3 is 2.44 bits per heavy atom. The number of carboxylic acids is 1. The first-order chi connectivity index (χ1) is 16.5. The van der Waals surface area contributed by atoms with E-state index >= 15 is 0 Å². The Balaban J connectivity index is 1.51. The lowest BCUT2D eigenvalue weighted by Gasteiger charge is -2.15. The lowest BCUT2D eigenvalue weighted by molar-refractivity contribution is -0.141. The van der Waals surface area contributed by atoms with Crippen LogP contribution in [-0.4, -0.2) is 44.9 Å². The van der Waals surface area contributed by atoms with E-state index in [0.29, 0.717) is 11.8 Å². The average Bonchev–Trinajstić information content (AvgIpc) is 3.22. The van der Waals surface area contributed by atoms with Crippen molar-refractivity contribution >= 4 is 34.7 Å². The maximum atomic E-state index is 12.7. The maximum absolute atomic E-state index is 12.7. The van der Waals surface area contributed by atoms with Crippen molar-refractivity contribution in [3.05, 3.63) is 84.4 Å². The second-order valence-corrected chi connectivity index (χ2v) is 8.52. The topological polar surface area (TPSA) is 93.5 Å². The molecule has 0 bridgehead atoms. The predicted octanol–water partition coefficient (Wildman–Crippen LogP) is 4.33. The Morgan fingerprint density at radius 1 is 1.03 bits per heavy atom. The van der Waals surface area contributed by atoms with E-state index in [1.54, 1.807) is 0 Å². The van der Waals surface area contributed by atoms with Gasteiger partial charge in [-0.2, -0.15) is 0 Å². The van der Waals surface area contributed by atoms with E-state index in [-0.39, 0.29) is 18.1 Å². The molecule has 2 N–H and O–H groups in total. The minimum Gasteiger partial charge on any atom is -0.494 e. The highest BCUT2D eigenvalue weighted by Crippen LogP contribution is 2.29. The first-order valence-corrected chi connectivity index (χ1v) is 11.9. The van der Waals surface area contributed by atoms with Crippen molar-refractivity contribution in [1.29, 1.82) is 0 Å². The number of ether oxygens (including phenoxy) is 1. The van der Waals surface area contributed by atoms with Gasteiger partial charge in [0.25, 0.3) is 0 Å². The zero-order valence-corrected chi connectivity index (χ0v) is 19.5. The number of carbonyl (C=O) groups excluding carboxylic acids is 1. The number of benzene rings is 3. The van der Waals surface area contributed by atoms with Crippen LogP contribution in [0.5, 0.6) is 5.75 Å². The number of rotatable bonds is 10. The number of fused-ring (bicyclic) bond motifs is 1. The average molecular weight is 476 g/mol. The van der Waals surface area contributed by atoms with Gasteiger partial charge in [0, 0.05) is 12.1 Å². The van der Waals surface area contributed by atoms with Gasteiger partial charge in [0.2, 0.25) is 5.91 Å². The molecule has 4 rings (SSSR count). The fourth-order valence-electron chi connectivity index (χ4n) is 3.62. The SMILES string of the molecule is CCOc1ccc(-n2c(SCC(=O)N[C@H](Cc3ccccc3)C(=O)O)nc3ccccc32)cc1. The summed E-state index contributed by atoms with van der Waals surface area (Å²) in [5, 5.41) is 12.9. The number of para-hydroxylation sites is 2. The second-order valence-electron chi connectivity index (χ2n) is 7.58. The molecule has 1 amide bonds. The Kier molecular flexibility index (Phi) is 7.49. The van der Waals surface area contributed by atoms with Crippen LogP contribution >= 0.6 is 11.8 Å². The summed E-state index contributed by atoms with van der Waals surface area (Å²) in [5.41, 5.74) is 3.47. The van der Waals surface area contributed by atoms with E-state index in [9.17, 15) is 14.7 Å². The van der Waals surface area contributed by atoms with Crippen LogP contribution in [0.1, 0.15) is 12.5 Å². The van der Waals surface area contributed by atoms with Crippen LogP contribution in [0.15, 0.2) is 84.0 Å². The number of amides is 1. The predicted molar refractivity (Wildman–Crippen MR) is 133 cm³/mol. The summed E-state index contributed by atoms with van der Waals surface area (Å²) in [7, 11) is 0. The molecule has 4 aromatic rings. The molecule has 1 atom stereocenters. The number of aliphatic carboxylic acids is 1. The molecule has 8 heteroatoms. The minimum absolute atomic E-state index is 0.0406. The van der Waals surface area contributed by atoms with Gasteiger partial charge < -0.3 is 15.2 Å². The normalized spacial score (nSPS) is 11.8. The van der Waals surface area contributed by atoms with Gasteiger partial charge in [0.05, 0.1) is 23.4 Å². The van der Waals surface area contributed by atoms with E-state index in [4.69, 9.17) is 9.72 Å². The molecule has 0 spiro atoms. The quantitative estimate of drug-likeness (QED) is 0.332. The Hall–Kier alpha value is -3.78. The fourth-order valence-corrected chi connectivity index (χ4v) is 4.46. The smallest absolute Gasteiger partial charge is 0.326 e. The van der Waals surface area contributed by atoms with Crippen molar-refractivity contribution in [2.24, 2.45) is 0 Å². The molecule has 0 saturated carbocycles. The molecule has 174 valence electrons. The molecule has 0 unspecified atom stereocenters. The maximum Gasteiger partial charge on any atom is 0.326 e. The van der Waals surface area contributed by atoms with Crippen LogP contribution in [0.2, 0.25) is 0 Å². The molecule has 1 aromatic heterocycles. The molecule has 0 saturated heterocycles. The molecular formula is C26H25N3O4S. The van der Waals surface area contributed by atoms with Crippen LogP contribution in [0.3, 0.4) is 0 Å². The number of aromatic nitrogens is 2. The van der Waals surface area contributed by atoms with Crippen molar-refractivity contribution < 1.29 is 19.4 Å². The molecule has 0 aliphatic heterocycles. The molecule has 1 heterocycles. The number of carbonyl (C=O) groups is 2. The van der Waals surface area contributed by atoms with Gasteiger partial charge in [-0.15, -0.1) is 0 Å². The fraction of sp³-hybridized carbons (Fsp3) is 0.192. The highest BCUT2D eigenvalue weighted by molar-refractivity contribution is 7.99. The Morgan fingerprint density at radius 2 is 1.74 bits per heavy atom. The van der Waals surface area contributed by atoms with E-state index in [0.717, 1.165) is 28.0 Å². The van der Waals surface area contributed by atoms with Crippen molar-refractivity contribution in [1.82, 2.24) is 14.9 Å². The molecule has 0 fully saturated rings. The van der Waals surface area contributed by atoms with Gasteiger partial charge in [-0.3, -0.25) is 9.36 Å². The summed E-state index contributed by atoms with van der Waals surface area (Å²) < 4.78 is 7.53. The summed E-state index contributed by atoms with van der Waals surface area (Å²) in [6, 6.07) is 23.7. The molecular weight excluding hydrogens is 450 g/mol. The first kappa shape index (κ1) is 23.4. The summed E-state index contributed by atoms with van der Waals surface area (Å²) in [6.45, 7) is 2.52. The highest BCUT2D eigenvalue weighted by atomic mass is 32.2. The Bertz CT molecular complexity index is 1270. The third kappa shape index (κ3) is 5.58. The van der Waals surface area contributed by atoms with Crippen molar-refractivity contribution in [3.63, 3.8) is 0 Å². The molecule has 3 aromatic carbocycles. The molecule has 0 aliphatic rings. The van der Waals surface area contributed by atoms with Gasteiger partial charge in [-0.05, 0) is 48.9 Å². The van der Waals surface area contributed by atoms with Crippen molar-refractivity contribution in [2.75, 3.05) is 12.4 Å². The number of hydrogen-bond acceptors (Lipinski definition) is 5. The summed E-state index contributed by atoms with van der Waals surface area (Å²) >= 11 is 1.27. The number of thioether (sulfide) groups is 1. The molecule has 7 nitrogen and oxygen atoms in total. The zero-order chi connectivity index (χ0) is 23.9. The van der Waals surface area contributed by atoms with E-state index in [2.05, 4.69) is 5.32 Å². The second kappa shape index (κ2) is 10.9. The van der Waals surface area contributed by atoms with Crippen molar-refractivity contribution in [2.45, 2.75) is 24.5 Å². The lowest BCUT2D eigenvalue weighted by atomic mass is 10.1. The summed E-state index contributed by atoms with van der Waals surface area (Å²) in [5.74, 6) is -0.608. The summed E-state index contributed by atoms with van der Waals surface area (Å²) in [4.78, 5) is 29.0. The van der Waals surface area contributed by atoms with Gasteiger partial charge in [0.15, 0.2) is 5.16 Å². The third-order valence-electron chi connectivity index (χ3n) is 5.18. The minimum atomic E-state index is -1.07. The first-order valence-electron chi connectivity index (χ1n) is 10.9. The lowest BCUT2D eigenvalue weighted by Crippen LogP contribution is -2.43. The zero-order valence-electron chi connectivity index (χ0n) is 18.7. The van der Waals surface area contributed by atoms with Crippen LogP contribution in [0.25, 0.3) is 16.7 Å². The van der Waals surface area contributed by atoms with E-state index in [1.165, 1.54) is 11.8 Å². The van der Waals surface area contributed by atoms with Crippen LogP contribution < -0.4 is 10.1 Å². The van der Waals surface area contributed by atoms with Crippen LogP contribution in [-0.2, 0) is 16.0 Å². The van der Waals surface area contributed by atoms with Gasteiger partial charge >= 0.3 is 5.97 Å². The van der Waals surface area contributed by atoms with Gasteiger partial charge in [0.1, 0.15) is 11.8 Å². The van der Waals surface area contributed by atoms with E-state index in [1.807, 2.05) is 90.4 Å². The van der Waals surface area contributed by atoms with Crippen LogP contribution in [0, 0.1) is 0 Å². The molecule has 34 heavy (non-hydrogen) atoms. The van der Waals surface area contributed by atoms with Gasteiger partial charge in [-0.25, -0.2) is 9.78 Å². The number of hydrogen-bond donors (Lipinski definition) is 2. The third-order valence-corrected chi connectivity index (χ3v) is 6.12. The number of nitrogens with one attached hydrogen (secondary N) is 1.